The first kappa shape index (κ1) is 17.0. The van der Waals surface area contributed by atoms with Gasteiger partial charge in [0.15, 0.2) is 0 Å². The molecule has 3 nitrogen and oxygen atoms in total. The lowest BCUT2D eigenvalue weighted by Crippen LogP contribution is -2.12. The van der Waals surface area contributed by atoms with Gasteiger partial charge in [0.05, 0.1) is 18.4 Å². The number of carbonyl (C=O) groups is 1. The van der Waals surface area contributed by atoms with Gasteiger partial charge in [-0.25, -0.2) is 0 Å². The zero-order chi connectivity index (χ0) is 17.1. The van der Waals surface area contributed by atoms with E-state index < -0.39 is 0 Å². The second-order valence-electron chi connectivity index (χ2n) is 6.69. The maximum absolute atomic E-state index is 12.6. The summed E-state index contributed by atoms with van der Waals surface area (Å²) in [4.78, 5) is 14.0. The van der Waals surface area contributed by atoms with Crippen LogP contribution in [0.4, 0.5) is 5.69 Å². The fraction of sp³-hybridized carbons (Fsp3) is 0.450. The summed E-state index contributed by atoms with van der Waals surface area (Å²) >= 11 is 1.72. The summed E-state index contributed by atoms with van der Waals surface area (Å²) in [6, 6.07) is 6.09. The highest BCUT2D eigenvalue weighted by atomic mass is 32.1. The van der Waals surface area contributed by atoms with Crippen molar-refractivity contribution in [3.63, 3.8) is 0 Å². The van der Waals surface area contributed by atoms with Crippen LogP contribution in [0.5, 0.6) is 5.75 Å². The Bertz CT molecular complexity index is 729. The summed E-state index contributed by atoms with van der Waals surface area (Å²) in [5, 5.41) is 5.00. The summed E-state index contributed by atoms with van der Waals surface area (Å²) in [5.74, 6) is 1.31. The Morgan fingerprint density at radius 3 is 2.62 bits per heavy atom. The predicted molar refractivity (Wildman–Crippen MR) is 101 cm³/mol. The van der Waals surface area contributed by atoms with Crippen LogP contribution in [-0.2, 0) is 0 Å². The first-order chi connectivity index (χ1) is 11.6. The summed E-state index contributed by atoms with van der Waals surface area (Å²) in [5.41, 5.74) is 3.63. The Morgan fingerprint density at radius 2 is 1.92 bits per heavy atom. The molecule has 2 aromatic rings. The lowest BCUT2D eigenvalue weighted by atomic mass is 9.88. The van der Waals surface area contributed by atoms with E-state index in [4.69, 9.17) is 4.74 Å². The Kier molecular flexibility index (Phi) is 5.24. The molecule has 1 heterocycles. The number of aryl methyl sites for hydroxylation is 2. The molecular weight excluding hydrogens is 318 g/mol. The molecule has 0 aliphatic heterocycles. The molecule has 1 fully saturated rings. The van der Waals surface area contributed by atoms with Gasteiger partial charge >= 0.3 is 0 Å². The van der Waals surface area contributed by atoms with Crippen molar-refractivity contribution in [2.45, 2.75) is 51.9 Å². The maximum atomic E-state index is 12.6. The van der Waals surface area contributed by atoms with Crippen LogP contribution in [0.3, 0.4) is 0 Å². The van der Waals surface area contributed by atoms with Crippen LogP contribution < -0.4 is 10.1 Å². The van der Waals surface area contributed by atoms with Gasteiger partial charge < -0.3 is 10.1 Å². The molecular formula is C20H25NO2S. The van der Waals surface area contributed by atoms with Gasteiger partial charge in [-0.15, -0.1) is 11.3 Å². The van der Waals surface area contributed by atoms with Crippen LogP contribution in [0, 0.1) is 13.8 Å². The zero-order valence-electron chi connectivity index (χ0n) is 14.6. The van der Waals surface area contributed by atoms with Gasteiger partial charge in [0.1, 0.15) is 5.75 Å². The van der Waals surface area contributed by atoms with Crippen molar-refractivity contribution in [1.29, 1.82) is 0 Å². The van der Waals surface area contributed by atoms with E-state index in [1.807, 2.05) is 25.3 Å². The Balaban J connectivity index is 1.77. The minimum absolute atomic E-state index is 0.0587. The topological polar surface area (TPSA) is 38.3 Å². The number of hydrogen-bond acceptors (Lipinski definition) is 3. The number of anilines is 1. The van der Waals surface area contributed by atoms with E-state index in [-0.39, 0.29) is 5.91 Å². The van der Waals surface area contributed by atoms with E-state index in [1.54, 1.807) is 18.4 Å². The molecule has 128 valence electrons. The molecule has 1 aliphatic carbocycles. The highest BCUT2D eigenvalue weighted by molar-refractivity contribution is 7.10. The minimum Gasteiger partial charge on any atom is -0.494 e. The van der Waals surface area contributed by atoms with E-state index >= 15 is 0 Å². The molecule has 3 rings (SSSR count). The molecule has 1 aromatic heterocycles. The molecule has 0 radical (unpaired) electrons. The third kappa shape index (κ3) is 3.64. The van der Waals surface area contributed by atoms with Gasteiger partial charge in [0.25, 0.3) is 5.91 Å². The number of thiophene rings is 1. The molecule has 1 amide bonds. The number of amides is 1. The van der Waals surface area contributed by atoms with Crippen molar-refractivity contribution < 1.29 is 9.53 Å². The number of benzene rings is 1. The molecule has 1 N–H and O–H groups in total. The molecule has 0 saturated heterocycles. The monoisotopic (exact) mass is 343 g/mol. The van der Waals surface area contributed by atoms with Crippen LogP contribution in [-0.4, -0.2) is 13.0 Å². The van der Waals surface area contributed by atoms with Crippen molar-refractivity contribution in [3.05, 3.63) is 45.1 Å². The normalized spacial score (nSPS) is 15.3. The lowest BCUT2D eigenvalue weighted by Gasteiger charge is -2.19. The number of methoxy groups -OCH3 is 1. The van der Waals surface area contributed by atoms with Gasteiger partial charge in [0, 0.05) is 10.3 Å². The van der Waals surface area contributed by atoms with Crippen LogP contribution in [0.1, 0.15) is 64.4 Å². The van der Waals surface area contributed by atoms with Gasteiger partial charge in [-0.05, 0) is 55.9 Å². The van der Waals surface area contributed by atoms with E-state index in [2.05, 4.69) is 17.4 Å². The Morgan fingerprint density at radius 1 is 1.17 bits per heavy atom. The van der Waals surface area contributed by atoms with Crippen molar-refractivity contribution in [1.82, 2.24) is 0 Å². The second-order valence-corrected chi connectivity index (χ2v) is 7.63. The molecule has 1 saturated carbocycles. The number of nitrogens with one attached hydrogen (secondary N) is 1. The smallest absolute Gasteiger partial charge is 0.256 e. The third-order valence-corrected chi connectivity index (χ3v) is 5.86. The van der Waals surface area contributed by atoms with Crippen LogP contribution in [0.2, 0.25) is 0 Å². The third-order valence-electron chi connectivity index (χ3n) is 4.76. The summed E-state index contributed by atoms with van der Waals surface area (Å²) in [6.45, 7) is 4.02. The predicted octanol–water partition coefficient (Wildman–Crippen LogP) is 5.67. The van der Waals surface area contributed by atoms with E-state index in [9.17, 15) is 4.79 Å². The van der Waals surface area contributed by atoms with E-state index in [0.29, 0.717) is 5.92 Å². The molecule has 0 bridgehead atoms. The molecule has 1 aliphatic rings. The molecule has 24 heavy (non-hydrogen) atoms. The summed E-state index contributed by atoms with van der Waals surface area (Å²) in [7, 11) is 1.64. The van der Waals surface area contributed by atoms with Gasteiger partial charge in [-0.3, -0.25) is 4.79 Å². The maximum Gasteiger partial charge on any atom is 0.256 e. The number of ether oxygens (including phenoxy) is 1. The Hall–Kier alpha value is -1.81. The molecule has 0 unspecified atom stereocenters. The summed E-state index contributed by atoms with van der Waals surface area (Å²) in [6.07, 6.45) is 6.48. The average Bonchev–Trinajstić information content (AvgIpc) is 3.05. The average molecular weight is 343 g/mol. The number of hydrogen-bond donors (Lipinski definition) is 1. The first-order valence-corrected chi connectivity index (χ1v) is 9.51. The molecule has 0 spiro atoms. The minimum atomic E-state index is -0.0587. The van der Waals surface area contributed by atoms with E-state index in [0.717, 1.165) is 28.1 Å². The van der Waals surface area contributed by atoms with E-state index in [1.165, 1.54) is 37.0 Å². The highest BCUT2D eigenvalue weighted by Gasteiger charge is 2.19. The summed E-state index contributed by atoms with van der Waals surface area (Å²) < 4.78 is 5.46. The zero-order valence-corrected chi connectivity index (χ0v) is 15.5. The quantitative estimate of drug-likeness (QED) is 0.776. The fourth-order valence-electron chi connectivity index (χ4n) is 3.59. The molecule has 1 aromatic carbocycles. The van der Waals surface area contributed by atoms with Gasteiger partial charge in [-0.1, -0.05) is 25.3 Å². The van der Waals surface area contributed by atoms with Crippen molar-refractivity contribution >= 4 is 22.9 Å². The van der Waals surface area contributed by atoms with Gasteiger partial charge in [-0.2, -0.15) is 0 Å². The van der Waals surface area contributed by atoms with Crippen LogP contribution >= 0.6 is 11.3 Å². The van der Waals surface area contributed by atoms with Crippen molar-refractivity contribution in [2.24, 2.45) is 0 Å². The standard InChI is InChI=1S/C20H25NO2S/c1-13-9-14(2)19(23-3)17(10-13)21-20(22)16-11-18(24-12-16)15-7-5-4-6-8-15/h9-12,15H,4-8H2,1-3H3,(H,21,22). The van der Waals surface area contributed by atoms with Crippen LogP contribution in [0.25, 0.3) is 0 Å². The SMILES string of the molecule is COc1c(C)cc(C)cc1NC(=O)c1csc(C2CCCCC2)c1. The van der Waals surface area contributed by atoms with Crippen LogP contribution in [0.15, 0.2) is 23.6 Å². The fourth-order valence-corrected chi connectivity index (χ4v) is 4.65. The molecule has 4 heteroatoms. The van der Waals surface area contributed by atoms with Crippen molar-refractivity contribution in [2.75, 3.05) is 12.4 Å². The van der Waals surface area contributed by atoms with Gasteiger partial charge in [0.2, 0.25) is 0 Å². The van der Waals surface area contributed by atoms with Crippen molar-refractivity contribution in [3.8, 4) is 5.75 Å². The lowest BCUT2D eigenvalue weighted by molar-refractivity contribution is 0.102. The first-order valence-electron chi connectivity index (χ1n) is 8.63. The number of carbonyl (C=O) groups excluding carboxylic acids is 1. The largest absolute Gasteiger partial charge is 0.494 e. The highest BCUT2D eigenvalue weighted by Crippen LogP contribution is 2.36. The number of rotatable bonds is 4. The molecule has 0 atom stereocenters. The Labute approximate surface area is 148 Å². The second kappa shape index (κ2) is 7.39.